The van der Waals surface area contributed by atoms with E-state index in [-0.39, 0.29) is 0 Å². The number of carbonyl (C=O) groups is 1. The number of ether oxygens (including phenoxy) is 1. The number of hydrogen-bond acceptors (Lipinski definition) is 3. The molecule has 2 N–H and O–H groups in total. The van der Waals surface area contributed by atoms with E-state index >= 15 is 0 Å². The number of aryl methyl sites for hydroxylation is 1. The minimum absolute atomic E-state index is 0.405. The molecule has 0 aliphatic heterocycles. The molecule has 3 aromatic rings. The van der Waals surface area contributed by atoms with Crippen molar-refractivity contribution in [1.29, 1.82) is 0 Å². The first-order chi connectivity index (χ1) is 14.0. The molecule has 0 atom stereocenters. The molecule has 0 saturated heterocycles. The second kappa shape index (κ2) is 10.1. The lowest BCUT2D eigenvalue weighted by Gasteiger charge is -2.09. The SMILES string of the molecule is Cc1ccccc1NC(=O)NN=Cc1ccc(OCc2ccc(Cl)cc2)c(Br)c1. The van der Waals surface area contributed by atoms with Crippen molar-refractivity contribution in [3.05, 3.63) is 92.9 Å². The van der Waals surface area contributed by atoms with Gasteiger partial charge >= 0.3 is 6.03 Å². The Morgan fingerprint density at radius 3 is 2.62 bits per heavy atom. The minimum Gasteiger partial charge on any atom is -0.488 e. The number of nitrogens with one attached hydrogen (secondary N) is 2. The van der Waals surface area contributed by atoms with Crippen molar-refractivity contribution in [2.75, 3.05) is 5.32 Å². The molecule has 3 rings (SSSR count). The topological polar surface area (TPSA) is 62.7 Å². The quantitative estimate of drug-likeness (QED) is 0.334. The summed E-state index contributed by atoms with van der Waals surface area (Å²) in [7, 11) is 0. The predicted octanol–water partition coefficient (Wildman–Crippen LogP) is 6.15. The first-order valence-electron chi connectivity index (χ1n) is 8.84. The number of rotatable bonds is 6. The molecule has 0 bridgehead atoms. The van der Waals surface area contributed by atoms with Crippen LogP contribution in [0.5, 0.6) is 5.75 Å². The Hall–Kier alpha value is -2.83. The average Bonchev–Trinajstić information content (AvgIpc) is 2.70. The molecule has 29 heavy (non-hydrogen) atoms. The number of hydrazone groups is 1. The summed E-state index contributed by atoms with van der Waals surface area (Å²) in [5.74, 6) is 0.711. The van der Waals surface area contributed by atoms with Gasteiger partial charge in [0.05, 0.1) is 10.7 Å². The molecule has 0 fully saturated rings. The molecule has 7 heteroatoms. The summed E-state index contributed by atoms with van der Waals surface area (Å²) in [6.45, 7) is 2.36. The number of hydrogen-bond donors (Lipinski definition) is 2. The zero-order valence-electron chi connectivity index (χ0n) is 15.7. The zero-order valence-corrected chi connectivity index (χ0v) is 18.0. The van der Waals surface area contributed by atoms with Crippen LogP contribution >= 0.6 is 27.5 Å². The molecule has 148 valence electrons. The molecule has 0 radical (unpaired) electrons. The van der Waals surface area contributed by atoms with Gasteiger partial charge < -0.3 is 10.1 Å². The van der Waals surface area contributed by atoms with Gasteiger partial charge in [0.1, 0.15) is 12.4 Å². The van der Waals surface area contributed by atoms with Crippen molar-refractivity contribution in [1.82, 2.24) is 5.43 Å². The van der Waals surface area contributed by atoms with Crippen LogP contribution in [-0.4, -0.2) is 12.2 Å². The lowest BCUT2D eigenvalue weighted by Crippen LogP contribution is -2.24. The summed E-state index contributed by atoms with van der Waals surface area (Å²) in [4.78, 5) is 11.9. The highest BCUT2D eigenvalue weighted by Gasteiger charge is 2.04. The lowest BCUT2D eigenvalue weighted by molar-refractivity contribution is 0.252. The molecular formula is C22H19BrClN3O2. The summed E-state index contributed by atoms with van der Waals surface area (Å²) in [5, 5.41) is 7.42. The maximum absolute atomic E-state index is 11.9. The van der Waals surface area contributed by atoms with Crippen LogP contribution in [0.15, 0.2) is 76.3 Å². The largest absolute Gasteiger partial charge is 0.488 e. The van der Waals surface area contributed by atoms with Crippen LogP contribution in [0.2, 0.25) is 5.02 Å². The summed E-state index contributed by atoms with van der Waals surface area (Å²) < 4.78 is 6.62. The van der Waals surface area contributed by atoms with Crippen molar-refractivity contribution >= 4 is 45.5 Å². The van der Waals surface area contributed by atoms with Crippen LogP contribution in [0, 0.1) is 6.92 Å². The van der Waals surface area contributed by atoms with E-state index < -0.39 is 6.03 Å². The maximum Gasteiger partial charge on any atom is 0.339 e. The Kier molecular flexibility index (Phi) is 7.27. The molecule has 0 unspecified atom stereocenters. The normalized spacial score (nSPS) is 10.7. The fourth-order valence-corrected chi connectivity index (χ4v) is 3.12. The van der Waals surface area contributed by atoms with Crippen LogP contribution < -0.4 is 15.5 Å². The molecule has 2 amide bonds. The molecule has 0 aliphatic carbocycles. The lowest BCUT2D eigenvalue weighted by atomic mass is 10.2. The molecule has 0 aromatic heterocycles. The van der Waals surface area contributed by atoms with Gasteiger partial charge in [0.15, 0.2) is 0 Å². The average molecular weight is 473 g/mol. The van der Waals surface area contributed by atoms with Crippen LogP contribution in [-0.2, 0) is 6.61 Å². The summed E-state index contributed by atoms with van der Waals surface area (Å²) >= 11 is 9.39. The predicted molar refractivity (Wildman–Crippen MR) is 121 cm³/mol. The molecule has 0 aliphatic rings. The third-order valence-electron chi connectivity index (χ3n) is 4.04. The van der Waals surface area contributed by atoms with E-state index in [0.29, 0.717) is 17.4 Å². The molecule has 0 heterocycles. The molecule has 0 spiro atoms. The van der Waals surface area contributed by atoms with Gasteiger partial charge in [-0.3, -0.25) is 0 Å². The van der Waals surface area contributed by atoms with E-state index in [1.54, 1.807) is 6.21 Å². The number of amides is 2. The fraction of sp³-hybridized carbons (Fsp3) is 0.0909. The van der Waals surface area contributed by atoms with Gasteiger partial charge in [-0.25, -0.2) is 10.2 Å². The monoisotopic (exact) mass is 471 g/mol. The third-order valence-corrected chi connectivity index (χ3v) is 4.91. The van der Waals surface area contributed by atoms with Gasteiger partial charge in [-0.05, 0) is 75.9 Å². The van der Waals surface area contributed by atoms with Gasteiger partial charge in [0.2, 0.25) is 0 Å². The summed E-state index contributed by atoms with van der Waals surface area (Å²) in [5.41, 5.74) is 6.01. The maximum atomic E-state index is 11.9. The highest BCUT2D eigenvalue weighted by molar-refractivity contribution is 9.10. The fourth-order valence-electron chi connectivity index (χ4n) is 2.49. The van der Waals surface area contributed by atoms with E-state index in [1.165, 1.54) is 0 Å². The van der Waals surface area contributed by atoms with Gasteiger partial charge in [0, 0.05) is 10.7 Å². The first kappa shape index (κ1) is 20.9. The van der Waals surface area contributed by atoms with Crippen molar-refractivity contribution in [3.8, 4) is 5.75 Å². The number of halogens is 2. The standard InChI is InChI=1S/C22H19BrClN3O2/c1-15-4-2-3-5-20(15)26-22(28)27-25-13-17-8-11-21(19(23)12-17)29-14-16-6-9-18(24)10-7-16/h2-13H,14H2,1H3,(H2,26,27,28). The number of para-hydroxylation sites is 1. The van der Waals surface area contributed by atoms with Gasteiger partial charge in [-0.1, -0.05) is 41.9 Å². The molecule has 5 nitrogen and oxygen atoms in total. The van der Waals surface area contributed by atoms with Crippen molar-refractivity contribution in [2.24, 2.45) is 5.10 Å². The van der Waals surface area contributed by atoms with Gasteiger partial charge in [0.25, 0.3) is 0 Å². The van der Waals surface area contributed by atoms with Crippen molar-refractivity contribution < 1.29 is 9.53 Å². The zero-order chi connectivity index (χ0) is 20.6. The number of urea groups is 1. The number of benzene rings is 3. The van der Waals surface area contributed by atoms with Crippen LogP contribution in [0.3, 0.4) is 0 Å². The molecule has 3 aromatic carbocycles. The second-order valence-corrected chi connectivity index (χ2v) is 7.53. The van der Waals surface area contributed by atoms with E-state index in [1.807, 2.05) is 73.7 Å². The third kappa shape index (κ3) is 6.34. The van der Waals surface area contributed by atoms with E-state index in [0.717, 1.165) is 26.9 Å². The van der Waals surface area contributed by atoms with E-state index in [4.69, 9.17) is 16.3 Å². The van der Waals surface area contributed by atoms with Crippen molar-refractivity contribution in [3.63, 3.8) is 0 Å². The van der Waals surface area contributed by atoms with E-state index in [2.05, 4.69) is 31.8 Å². The Morgan fingerprint density at radius 1 is 1.14 bits per heavy atom. The smallest absolute Gasteiger partial charge is 0.339 e. The Bertz CT molecular complexity index is 1020. The highest BCUT2D eigenvalue weighted by atomic mass is 79.9. The Morgan fingerprint density at radius 2 is 1.90 bits per heavy atom. The Labute approximate surface area is 182 Å². The summed E-state index contributed by atoms with van der Waals surface area (Å²) in [6.07, 6.45) is 1.56. The van der Waals surface area contributed by atoms with Crippen LogP contribution in [0.25, 0.3) is 0 Å². The second-order valence-electron chi connectivity index (χ2n) is 6.24. The number of anilines is 1. The van der Waals surface area contributed by atoms with Gasteiger partial charge in [-0.2, -0.15) is 5.10 Å². The van der Waals surface area contributed by atoms with Gasteiger partial charge in [-0.15, -0.1) is 0 Å². The summed E-state index contributed by atoms with van der Waals surface area (Å²) in [6, 6.07) is 20.2. The Balaban J connectivity index is 1.53. The molecule has 0 saturated carbocycles. The first-order valence-corrected chi connectivity index (χ1v) is 10.0. The van der Waals surface area contributed by atoms with Crippen LogP contribution in [0.1, 0.15) is 16.7 Å². The number of nitrogens with zero attached hydrogens (tertiary/aromatic N) is 1. The number of carbonyl (C=O) groups excluding carboxylic acids is 1. The highest BCUT2D eigenvalue weighted by Crippen LogP contribution is 2.26. The van der Waals surface area contributed by atoms with Crippen molar-refractivity contribution in [2.45, 2.75) is 13.5 Å². The van der Waals surface area contributed by atoms with E-state index in [9.17, 15) is 4.79 Å². The molecular weight excluding hydrogens is 454 g/mol. The minimum atomic E-state index is -0.405. The van der Waals surface area contributed by atoms with Crippen LogP contribution in [0.4, 0.5) is 10.5 Å².